The zero-order chi connectivity index (χ0) is 23.0. The van der Waals surface area contributed by atoms with E-state index in [4.69, 9.17) is 19.3 Å². The van der Waals surface area contributed by atoms with Crippen molar-refractivity contribution < 1.29 is 27.7 Å². The van der Waals surface area contributed by atoms with Gasteiger partial charge >= 0.3 is 0 Å². The van der Waals surface area contributed by atoms with Crippen LogP contribution in [0.4, 0.5) is 0 Å². The Morgan fingerprint density at radius 3 is 2.69 bits per heavy atom. The van der Waals surface area contributed by atoms with Crippen LogP contribution in [0.2, 0.25) is 0 Å². The van der Waals surface area contributed by atoms with Crippen molar-refractivity contribution in [1.29, 1.82) is 0 Å². The minimum Gasteiger partial charge on any atom is -0.474 e. The molecule has 3 heterocycles. The van der Waals surface area contributed by atoms with Crippen molar-refractivity contribution in [2.45, 2.75) is 24.8 Å². The number of fused-ring (bicyclic) bond motifs is 1. The van der Waals surface area contributed by atoms with Crippen LogP contribution in [0, 0.1) is 0 Å². The summed E-state index contributed by atoms with van der Waals surface area (Å²) in [6.07, 6.45) is 1.51. The summed E-state index contributed by atoms with van der Waals surface area (Å²) >= 11 is 0. The van der Waals surface area contributed by atoms with Gasteiger partial charge in [0.1, 0.15) is 6.61 Å². The fourth-order valence-corrected chi connectivity index (χ4v) is 4.21. The number of aromatic nitrogens is 3. The maximum atomic E-state index is 12.4. The van der Waals surface area contributed by atoms with Gasteiger partial charge in [-0.3, -0.25) is 4.68 Å². The molecule has 0 amide bonds. The normalized spacial score (nSPS) is 13.1. The third-order valence-electron chi connectivity index (χ3n) is 5.07. The van der Waals surface area contributed by atoms with Crippen molar-refractivity contribution in [3.05, 3.63) is 36.0 Å². The Balaban J connectivity index is 2.02. The summed E-state index contributed by atoms with van der Waals surface area (Å²) in [5, 5.41) is 18.9. The maximum Gasteiger partial charge on any atom is 0.256 e. The molecule has 0 saturated carbocycles. The molecule has 3 aromatic rings. The predicted octanol–water partition coefficient (Wildman–Crippen LogP) is 2.02. The Morgan fingerprint density at radius 2 is 2.00 bits per heavy atom. The zero-order valence-electron chi connectivity index (χ0n) is 17.9. The number of ether oxygens (including phenoxy) is 3. The summed E-state index contributed by atoms with van der Waals surface area (Å²) in [4.78, 5) is 4.17. The Morgan fingerprint density at radius 1 is 1.25 bits per heavy atom. The highest BCUT2D eigenvalue weighted by Gasteiger charge is 2.28. The van der Waals surface area contributed by atoms with Crippen molar-refractivity contribution in [3.8, 4) is 39.8 Å². The minimum atomic E-state index is -4.13. The second-order valence-corrected chi connectivity index (χ2v) is 9.09. The molecule has 1 aliphatic heterocycles. The van der Waals surface area contributed by atoms with E-state index in [0.29, 0.717) is 33.9 Å². The van der Waals surface area contributed by atoms with Gasteiger partial charge in [0.25, 0.3) is 10.0 Å². The number of nitrogens with zero attached hydrogens (tertiary/aromatic N) is 3. The Kier molecular flexibility index (Phi) is 5.80. The Bertz CT molecular complexity index is 1270. The third kappa shape index (κ3) is 4.01. The highest BCUT2D eigenvalue weighted by atomic mass is 32.2. The van der Waals surface area contributed by atoms with E-state index in [0.717, 1.165) is 5.56 Å². The monoisotopic (exact) mass is 460 g/mol. The quantitative estimate of drug-likeness (QED) is 0.546. The van der Waals surface area contributed by atoms with E-state index < -0.39 is 10.0 Å². The first kappa shape index (κ1) is 22.1. The van der Waals surface area contributed by atoms with Crippen molar-refractivity contribution in [2.75, 3.05) is 20.0 Å². The van der Waals surface area contributed by atoms with Crippen molar-refractivity contribution >= 4 is 10.0 Å². The molecule has 0 spiro atoms. The number of aliphatic hydroxyl groups excluding tert-OH is 1. The molecule has 0 radical (unpaired) electrons. The molecule has 0 bridgehead atoms. The number of benzene rings is 1. The molecule has 1 aliphatic rings. The number of sulfonamides is 1. The second-order valence-electron chi connectivity index (χ2n) is 7.61. The van der Waals surface area contributed by atoms with Crippen LogP contribution in [-0.4, -0.2) is 48.3 Å². The third-order valence-corrected chi connectivity index (χ3v) is 5.93. The summed E-state index contributed by atoms with van der Waals surface area (Å²) in [5.74, 6) is 1.48. The van der Waals surface area contributed by atoms with Gasteiger partial charge < -0.3 is 19.3 Å². The molecule has 0 saturated heterocycles. The average molecular weight is 461 g/mol. The molecule has 3 N–H and O–H groups in total. The van der Waals surface area contributed by atoms with Crippen molar-refractivity contribution in [2.24, 2.45) is 12.2 Å². The molecule has 2 aromatic heterocycles. The number of hydrogen-bond donors (Lipinski definition) is 2. The van der Waals surface area contributed by atoms with E-state index in [9.17, 15) is 13.5 Å². The standard InChI is InChI=1S/C21H24N4O6S/c1-12(2)14-8-15(21(23-10-14)32(22,27)28)19-18(20(24-25(19)3)29-7-6-26)13-4-5-16-17(9-13)31-11-30-16/h4-5,8-10,12,26H,6-7,11H2,1-3H3,(H2,22,27,28). The summed E-state index contributed by atoms with van der Waals surface area (Å²) in [6, 6.07) is 7.08. The lowest BCUT2D eigenvalue weighted by molar-refractivity contribution is 0.174. The van der Waals surface area contributed by atoms with Gasteiger partial charge in [-0.2, -0.15) is 0 Å². The molecule has 0 unspecified atom stereocenters. The topological polar surface area (TPSA) is 139 Å². The van der Waals surface area contributed by atoms with Gasteiger partial charge in [0.15, 0.2) is 16.5 Å². The summed E-state index contributed by atoms with van der Waals surface area (Å²) in [7, 11) is -2.46. The molecule has 0 fully saturated rings. The highest BCUT2D eigenvalue weighted by molar-refractivity contribution is 7.89. The molecule has 32 heavy (non-hydrogen) atoms. The van der Waals surface area contributed by atoms with E-state index >= 15 is 0 Å². The first-order chi connectivity index (χ1) is 15.2. The molecule has 1 aromatic carbocycles. The molecule has 0 atom stereocenters. The number of nitrogens with two attached hydrogens (primary N) is 1. The zero-order valence-corrected chi connectivity index (χ0v) is 18.7. The number of primary sulfonamides is 1. The Hall–Kier alpha value is -3.15. The molecular weight excluding hydrogens is 436 g/mol. The molecule has 11 heteroatoms. The van der Waals surface area contributed by atoms with Crippen LogP contribution < -0.4 is 19.3 Å². The largest absolute Gasteiger partial charge is 0.474 e. The second kappa shape index (κ2) is 8.41. The van der Waals surface area contributed by atoms with Crippen LogP contribution >= 0.6 is 0 Å². The lowest BCUT2D eigenvalue weighted by atomic mass is 9.98. The van der Waals surface area contributed by atoms with E-state index in [1.807, 2.05) is 13.8 Å². The van der Waals surface area contributed by atoms with Gasteiger partial charge in [-0.25, -0.2) is 18.5 Å². The molecule has 0 aliphatic carbocycles. The number of hydrogen-bond acceptors (Lipinski definition) is 8. The van der Waals surface area contributed by atoms with Gasteiger partial charge in [0.2, 0.25) is 12.7 Å². The van der Waals surface area contributed by atoms with Crippen LogP contribution in [0.5, 0.6) is 17.4 Å². The van der Waals surface area contributed by atoms with E-state index in [1.54, 1.807) is 31.3 Å². The maximum absolute atomic E-state index is 12.4. The molecule has 10 nitrogen and oxygen atoms in total. The first-order valence-corrected chi connectivity index (χ1v) is 11.5. The van der Waals surface area contributed by atoms with Gasteiger partial charge in [-0.1, -0.05) is 19.9 Å². The Labute approximate surface area is 185 Å². The fraction of sp³-hybridized carbons (Fsp3) is 0.333. The number of rotatable bonds is 7. The lowest BCUT2D eigenvalue weighted by Crippen LogP contribution is -2.16. The number of aliphatic hydroxyl groups is 1. The minimum absolute atomic E-state index is 0.0142. The van der Waals surface area contributed by atoms with Gasteiger partial charge in [0, 0.05) is 18.8 Å². The van der Waals surface area contributed by atoms with E-state index in [1.165, 1.54) is 10.9 Å². The SMILES string of the molecule is CC(C)c1cnc(S(N)(=O)=O)c(-c2c(-c3ccc4c(c3)OCO4)c(OCCO)nn2C)c1. The predicted molar refractivity (Wildman–Crippen MR) is 116 cm³/mol. The summed E-state index contributed by atoms with van der Waals surface area (Å²) < 4.78 is 42.9. The fourth-order valence-electron chi connectivity index (χ4n) is 3.54. The van der Waals surface area contributed by atoms with Crippen molar-refractivity contribution in [3.63, 3.8) is 0 Å². The van der Waals surface area contributed by atoms with E-state index in [2.05, 4.69) is 10.1 Å². The van der Waals surface area contributed by atoms with Crippen molar-refractivity contribution in [1.82, 2.24) is 14.8 Å². The first-order valence-electron chi connectivity index (χ1n) is 9.94. The molecular formula is C21H24N4O6S. The molecule has 170 valence electrons. The highest BCUT2D eigenvalue weighted by Crippen LogP contribution is 2.44. The van der Waals surface area contributed by atoms with Gasteiger partial charge in [-0.15, -0.1) is 5.10 Å². The van der Waals surface area contributed by atoms with Gasteiger partial charge in [-0.05, 0) is 35.2 Å². The average Bonchev–Trinajstić information content (AvgIpc) is 3.34. The lowest BCUT2D eigenvalue weighted by Gasteiger charge is -2.14. The van der Waals surface area contributed by atoms with Crippen LogP contribution in [0.15, 0.2) is 35.5 Å². The van der Waals surface area contributed by atoms with Crippen LogP contribution in [-0.2, 0) is 17.1 Å². The van der Waals surface area contributed by atoms with E-state index in [-0.39, 0.29) is 36.8 Å². The van der Waals surface area contributed by atoms with Crippen LogP contribution in [0.1, 0.15) is 25.3 Å². The number of aryl methyl sites for hydroxylation is 1. The van der Waals surface area contributed by atoms with Gasteiger partial charge in [0.05, 0.1) is 17.9 Å². The number of pyridine rings is 1. The molecule has 4 rings (SSSR count). The summed E-state index contributed by atoms with van der Waals surface area (Å²) in [6.45, 7) is 3.88. The van der Waals surface area contributed by atoms with Crippen LogP contribution in [0.3, 0.4) is 0 Å². The van der Waals surface area contributed by atoms with Crippen LogP contribution in [0.25, 0.3) is 22.4 Å². The summed E-state index contributed by atoms with van der Waals surface area (Å²) in [5.41, 5.74) is 2.78. The smallest absolute Gasteiger partial charge is 0.256 e.